The molecule has 4 N–H and O–H groups in total. The molecule has 4 aliphatic heterocycles. The third kappa shape index (κ3) is 9.31. The molecule has 0 amide bonds. The van der Waals surface area contributed by atoms with Gasteiger partial charge in [-0.05, 0) is 73.6 Å². The summed E-state index contributed by atoms with van der Waals surface area (Å²) in [7, 11) is 5.05. The van der Waals surface area contributed by atoms with E-state index < -0.39 is 108 Å². The molecule has 0 saturated carbocycles. The van der Waals surface area contributed by atoms with E-state index in [1.807, 2.05) is 46.6 Å². The van der Waals surface area contributed by atoms with Gasteiger partial charge in [-0.25, -0.2) is 4.99 Å². The van der Waals surface area contributed by atoms with Crippen molar-refractivity contribution in [2.75, 3.05) is 27.8 Å². The molecule has 0 bridgehead atoms. The van der Waals surface area contributed by atoms with Gasteiger partial charge in [-0.3, -0.25) is 4.79 Å². The molecule has 0 unspecified atom stereocenters. The van der Waals surface area contributed by atoms with Crippen LogP contribution in [0.25, 0.3) is 0 Å². The maximum atomic E-state index is 14.3. The molecule has 4 heterocycles. The average molecular weight is 789 g/mol. The fraction of sp³-hybridized carbons (Fsp3) is 0.950. The Labute approximate surface area is 328 Å². The van der Waals surface area contributed by atoms with Gasteiger partial charge in [0.1, 0.15) is 17.8 Å². The van der Waals surface area contributed by atoms with E-state index in [0.717, 1.165) is 0 Å². The minimum Gasteiger partial charge on any atom is -0.459 e. The van der Waals surface area contributed by atoms with Crippen LogP contribution in [0.15, 0.2) is 4.99 Å². The SMILES string of the molecule is CCN=C1O[C@H]2[C@H](O[C@@H]3[C@@H](C)[C@H](O[C@H]4C[C@@](C)(OC)[C@@H](O)[C@H](C)O4)[C@@H](C)C(=O)O[C@H](CC)[C@@](C)(O)[C@H](O)[C@@H](C)[C@@H](O)[C@H](C)C[C@@]3(C)OC)O[C@H](C)C[C@@H]2N1C. The molecule has 0 spiro atoms. The average Bonchev–Trinajstić information content (AvgIpc) is 3.45. The minimum absolute atomic E-state index is 0.0836. The first-order chi connectivity index (χ1) is 25.6. The van der Waals surface area contributed by atoms with E-state index in [1.54, 1.807) is 41.7 Å². The molecule has 55 heavy (non-hydrogen) atoms. The fourth-order valence-corrected chi connectivity index (χ4v) is 9.38. The first kappa shape index (κ1) is 46.0. The van der Waals surface area contributed by atoms with Crippen LogP contribution in [0.1, 0.15) is 102 Å². The Hall–Kier alpha value is -1.66. The Morgan fingerprint density at radius 3 is 2.09 bits per heavy atom. The number of cyclic esters (lactones) is 1. The Kier molecular flexibility index (Phi) is 15.1. The predicted octanol–water partition coefficient (Wildman–Crippen LogP) is 3.02. The normalized spacial score (nSPS) is 49.9. The van der Waals surface area contributed by atoms with E-state index in [1.165, 1.54) is 14.0 Å². The lowest BCUT2D eigenvalue weighted by Crippen LogP contribution is -2.61. The molecule has 0 aromatic carbocycles. The van der Waals surface area contributed by atoms with Gasteiger partial charge in [-0.1, -0.05) is 27.7 Å². The summed E-state index contributed by atoms with van der Waals surface area (Å²) in [6, 6.07) is 0.423. The topological polar surface area (TPSA) is 187 Å². The molecule has 4 saturated heterocycles. The summed E-state index contributed by atoms with van der Waals surface area (Å²) < 4.78 is 51.3. The van der Waals surface area contributed by atoms with Crippen LogP contribution < -0.4 is 0 Å². The largest absolute Gasteiger partial charge is 0.459 e. The van der Waals surface area contributed by atoms with Crippen LogP contribution in [0.2, 0.25) is 0 Å². The number of esters is 1. The summed E-state index contributed by atoms with van der Waals surface area (Å²) in [5.41, 5.74) is -4.07. The van der Waals surface area contributed by atoms with E-state index in [9.17, 15) is 25.2 Å². The number of aliphatic hydroxyl groups excluding tert-OH is 3. The van der Waals surface area contributed by atoms with Crippen molar-refractivity contribution in [3.05, 3.63) is 0 Å². The quantitative estimate of drug-likeness (QED) is 0.263. The molecule has 0 radical (unpaired) electrons. The summed E-state index contributed by atoms with van der Waals surface area (Å²) in [6.07, 6.45) is -8.34. The number of methoxy groups -OCH3 is 2. The van der Waals surface area contributed by atoms with Gasteiger partial charge in [0.15, 0.2) is 18.7 Å². The van der Waals surface area contributed by atoms with Crippen LogP contribution >= 0.6 is 0 Å². The third-order valence-electron chi connectivity index (χ3n) is 13.1. The highest BCUT2D eigenvalue weighted by Gasteiger charge is 2.55. The lowest BCUT2D eigenvalue weighted by molar-refractivity contribution is -0.315. The minimum atomic E-state index is -1.90. The summed E-state index contributed by atoms with van der Waals surface area (Å²) >= 11 is 0. The number of hydrogen-bond acceptors (Lipinski definition) is 14. The van der Waals surface area contributed by atoms with E-state index in [-0.39, 0.29) is 31.4 Å². The Morgan fingerprint density at radius 1 is 0.873 bits per heavy atom. The molecule has 15 nitrogen and oxygen atoms in total. The summed E-state index contributed by atoms with van der Waals surface area (Å²) in [4.78, 5) is 20.9. The highest BCUT2D eigenvalue weighted by Crippen LogP contribution is 2.43. The molecule has 320 valence electrons. The molecule has 0 aliphatic carbocycles. The fourth-order valence-electron chi connectivity index (χ4n) is 9.38. The zero-order chi connectivity index (χ0) is 41.4. The Balaban J connectivity index is 1.86. The number of likely N-dealkylation sites (N-methyl/N-ethyl adjacent to an activating group) is 1. The molecule has 0 aromatic rings. The molecular weight excluding hydrogens is 716 g/mol. The van der Waals surface area contributed by atoms with Gasteiger partial charge >= 0.3 is 5.97 Å². The van der Waals surface area contributed by atoms with Crippen LogP contribution in [0.5, 0.6) is 0 Å². The first-order valence-corrected chi connectivity index (χ1v) is 20.2. The van der Waals surface area contributed by atoms with Gasteiger partial charge in [0.05, 0.1) is 59.8 Å². The maximum absolute atomic E-state index is 14.3. The number of hydrogen-bond donors (Lipinski definition) is 4. The lowest BCUT2D eigenvalue weighted by atomic mass is 9.73. The number of rotatable bonds is 8. The lowest BCUT2D eigenvalue weighted by Gasteiger charge is -2.49. The van der Waals surface area contributed by atoms with Crippen LogP contribution in [0, 0.1) is 23.7 Å². The number of fused-ring (bicyclic) bond motifs is 1. The van der Waals surface area contributed by atoms with Crippen LogP contribution in [-0.2, 0) is 42.7 Å². The van der Waals surface area contributed by atoms with Crippen LogP contribution in [0.3, 0.4) is 0 Å². The molecule has 4 fully saturated rings. The second-order valence-electron chi connectivity index (χ2n) is 17.4. The van der Waals surface area contributed by atoms with E-state index in [0.29, 0.717) is 19.0 Å². The highest BCUT2D eigenvalue weighted by molar-refractivity contribution is 5.76. The van der Waals surface area contributed by atoms with E-state index >= 15 is 0 Å². The number of aliphatic imine (C=N–C) groups is 1. The van der Waals surface area contributed by atoms with Crippen molar-refractivity contribution in [3.63, 3.8) is 0 Å². The number of carbonyl (C=O) groups is 1. The van der Waals surface area contributed by atoms with Gasteiger partial charge in [0.25, 0.3) is 6.02 Å². The highest BCUT2D eigenvalue weighted by atomic mass is 16.7. The van der Waals surface area contributed by atoms with Crippen LogP contribution in [0.4, 0.5) is 0 Å². The van der Waals surface area contributed by atoms with Crippen molar-refractivity contribution < 1.29 is 63.1 Å². The van der Waals surface area contributed by atoms with E-state index in [4.69, 9.17) is 37.9 Å². The third-order valence-corrected chi connectivity index (χ3v) is 13.1. The summed E-state index contributed by atoms with van der Waals surface area (Å²) in [6.45, 7) is 20.2. The second-order valence-corrected chi connectivity index (χ2v) is 17.4. The van der Waals surface area contributed by atoms with Crippen molar-refractivity contribution in [1.82, 2.24) is 4.90 Å². The summed E-state index contributed by atoms with van der Waals surface area (Å²) in [5, 5.41) is 46.0. The number of carbonyl (C=O) groups excluding carboxylic acids is 1. The standard InChI is InChI=1S/C40H72N2O13/c1-15-27-40(11,47)32(44)22(5)29(43)20(3)18-39(10,49-14)34(55-36-31-26(17-21(4)50-36)42(12)37(54-31)41-16-2)23(6)30(24(7)35(46)52-27)53-28-19-38(9,48-13)33(45)25(8)51-28/h20-34,36,43-45,47H,15-19H2,1-14H3/t20-,21-,22+,23+,24-,25+,26+,27-,28+,29+,30+,31-,32-,33+,34-,36+,38-,39-,40-/m1/s1. The van der Waals surface area contributed by atoms with Gasteiger partial charge in [0, 0.05) is 46.1 Å². The molecule has 4 rings (SSSR count). The first-order valence-electron chi connectivity index (χ1n) is 20.2. The van der Waals surface area contributed by atoms with Gasteiger partial charge in [-0.15, -0.1) is 0 Å². The number of aliphatic hydroxyl groups is 4. The van der Waals surface area contributed by atoms with E-state index in [2.05, 4.69) is 4.99 Å². The van der Waals surface area contributed by atoms with Crippen LogP contribution in [-0.4, -0.2) is 155 Å². The number of ether oxygens (including phenoxy) is 8. The number of amidine groups is 1. The maximum Gasteiger partial charge on any atom is 0.311 e. The van der Waals surface area contributed by atoms with Crippen molar-refractivity contribution in [3.8, 4) is 0 Å². The summed E-state index contributed by atoms with van der Waals surface area (Å²) in [5.74, 6) is -3.58. The Bertz CT molecular complexity index is 1310. The second kappa shape index (κ2) is 18.1. The Morgan fingerprint density at radius 2 is 1.51 bits per heavy atom. The zero-order valence-electron chi connectivity index (χ0n) is 35.6. The van der Waals surface area contributed by atoms with Gasteiger partial charge in [-0.2, -0.15) is 0 Å². The van der Waals surface area contributed by atoms with Gasteiger partial charge in [0.2, 0.25) is 0 Å². The van der Waals surface area contributed by atoms with Crippen molar-refractivity contribution in [2.45, 2.75) is 192 Å². The predicted molar refractivity (Wildman–Crippen MR) is 203 cm³/mol. The monoisotopic (exact) mass is 789 g/mol. The molecule has 19 atom stereocenters. The van der Waals surface area contributed by atoms with Gasteiger partial charge < -0.3 is 63.2 Å². The van der Waals surface area contributed by atoms with Crippen molar-refractivity contribution >= 4 is 12.0 Å². The smallest absolute Gasteiger partial charge is 0.311 e. The molecule has 15 heteroatoms. The molecule has 4 aliphatic rings. The van der Waals surface area contributed by atoms with Crippen molar-refractivity contribution in [1.29, 1.82) is 0 Å². The number of nitrogens with zero attached hydrogens (tertiary/aromatic N) is 2. The van der Waals surface area contributed by atoms with Crippen molar-refractivity contribution in [2.24, 2.45) is 28.7 Å². The molecule has 0 aromatic heterocycles. The molecular formula is C40H72N2O13. The zero-order valence-corrected chi connectivity index (χ0v) is 35.6.